The lowest BCUT2D eigenvalue weighted by Gasteiger charge is -2.17. The Morgan fingerprint density at radius 1 is 1.07 bits per heavy atom. The molecule has 2 aromatic carbocycles. The number of hydrogen-bond donors (Lipinski definition) is 1. The van der Waals surface area contributed by atoms with Gasteiger partial charge in [-0.05, 0) is 37.3 Å². The van der Waals surface area contributed by atoms with Crippen molar-refractivity contribution in [2.75, 3.05) is 4.72 Å². The normalized spacial score (nSPS) is 16.4. The van der Waals surface area contributed by atoms with E-state index in [2.05, 4.69) is 9.82 Å². The molecule has 7 nitrogen and oxygen atoms in total. The molecule has 3 aromatic rings. The molecule has 1 atom stereocenters. The number of aryl methyl sites for hydroxylation is 1. The van der Waals surface area contributed by atoms with Gasteiger partial charge in [0.15, 0.2) is 0 Å². The third-order valence-corrected chi connectivity index (χ3v) is 6.24. The van der Waals surface area contributed by atoms with E-state index in [9.17, 15) is 13.2 Å². The van der Waals surface area contributed by atoms with Crippen LogP contribution in [0.1, 0.15) is 36.5 Å². The minimum Gasteiger partial charge on any atom is -0.464 e. The summed E-state index contributed by atoms with van der Waals surface area (Å²) in [5.41, 5.74) is 1.63. The van der Waals surface area contributed by atoms with Crippen LogP contribution in [0.15, 0.2) is 81.1 Å². The number of hydrogen-bond acceptors (Lipinski definition) is 5. The summed E-state index contributed by atoms with van der Waals surface area (Å²) >= 11 is 0. The molecular formula is C22H21N3O4S. The molecule has 1 aromatic heterocycles. The van der Waals surface area contributed by atoms with E-state index in [1.54, 1.807) is 42.5 Å². The van der Waals surface area contributed by atoms with Gasteiger partial charge in [-0.2, -0.15) is 5.10 Å². The second-order valence-electron chi connectivity index (χ2n) is 7.04. The lowest BCUT2D eigenvalue weighted by Crippen LogP contribution is -2.23. The number of carbonyl (C=O) groups excluding carboxylic acids is 1. The summed E-state index contributed by atoms with van der Waals surface area (Å²) in [6.07, 6.45) is 0.413. The van der Waals surface area contributed by atoms with Crippen molar-refractivity contribution in [2.24, 2.45) is 5.10 Å². The van der Waals surface area contributed by atoms with Crippen LogP contribution in [0.5, 0.6) is 0 Å². The Hall–Kier alpha value is -3.39. The van der Waals surface area contributed by atoms with Gasteiger partial charge in [0.05, 0.1) is 16.3 Å². The Kier molecular flexibility index (Phi) is 5.17. The molecule has 1 N–H and O–H groups in total. The van der Waals surface area contributed by atoms with Crippen LogP contribution in [-0.4, -0.2) is 25.0 Å². The molecule has 0 spiro atoms. The molecule has 0 saturated carbocycles. The average molecular weight is 423 g/mol. The van der Waals surface area contributed by atoms with Gasteiger partial charge in [0.2, 0.25) is 5.91 Å². The summed E-state index contributed by atoms with van der Waals surface area (Å²) in [7, 11) is -3.76. The monoisotopic (exact) mass is 423 g/mol. The summed E-state index contributed by atoms with van der Waals surface area (Å²) in [6.45, 7) is 3.28. The van der Waals surface area contributed by atoms with E-state index in [1.807, 2.05) is 19.1 Å². The second kappa shape index (κ2) is 7.79. The third-order valence-electron chi connectivity index (χ3n) is 4.86. The van der Waals surface area contributed by atoms with Crippen molar-refractivity contribution in [1.82, 2.24) is 5.01 Å². The Labute approximate surface area is 175 Å². The highest BCUT2D eigenvalue weighted by atomic mass is 32.2. The zero-order chi connectivity index (χ0) is 21.3. The van der Waals surface area contributed by atoms with Gasteiger partial charge in [-0.3, -0.25) is 9.52 Å². The van der Waals surface area contributed by atoms with Crippen LogP contribution in [-0.2, 0) is 14.8 Å². The summed E-state index contributed by atoms with van der Waals surface area (Å²) in [6, 6.07) is 18.5. The van der Waals surface area contributed by atoms with Crippen molar-refractivity contribution in [3.8, 4) is 0 Å². The number of nitrogens with zero attached hydrogens (tertiary/aromatic N) is 2. The van der Waals surface area contributed by atoms with Crippen LogP contribution in [0.2, 0.25) is 0 Å². The molecule has 1 amide bonds. The predicted molar refractivity (Wildman–Crippen MR) is 114 cm³/mol. The van der Waals surface area contributed by atoms with E-state index in [4.69, 9.17) is 4.42 Å². The van der Waals surface area contributed by atoms with Gasteiger partial charge in [-0.15, -0.1) is 0 Å². The summed E-state index contributed by atoms with van der Waals surface area (Å²) in [5.74, 6) is 1.17. The number of amides is 1. The summed E-state index contributed by atoms with van der Waals surface area (Å²) in [4.78, 5) is 12.3. The first-order valence-corrected chi connectivity index (χ1v) is 10.9. The van der Waals surface area contributed by atoms with Crippen molar-refractivity contribution in [1.29, 1.82) is 0 Å². The molecule has 2 heterocycles. The van der Waals surface area contributed by atoms with Crippen LogP contribution >= 0.6 is 0 Å². The highest BCUT2D eigenvalue weighted by Crippen LogP contribution is 2.35. The molecule has 1 aliphatic rings. The second-order valence-corrected chi connectivity index (χ2v) is 8.73. The fourth-order valence-electron chi connectivity index (χ4n) is 3.44. The Bertz CT molecular complexity index is 1220. The number of nitrogens with one attached hydrogen (secondary N) is 1. The molecule has 8 heteroatoms. The Morgan fingerprint density at radius 2 is 1.77 bits per heavy atom. The van der Waals surface area contributed by atoms with Gasteiger partial charge in [0, 0.05) is 18.9 Å². The van der Waals surface area contributed by atoms with Gasteiger partial charge in [-0.1, -0.05) is 36.4 Å². The number of furan rings is 1. The van der Waals surface area contributed by atoms with Crippen LogP contribution in [0.3, 0.4) is 0 Å². The van der Waals surface area contributed by atoms with Crippen LogP contribution < -0.4 is 4.72 Å². The van der Waals surface area contributed by atoms with Gasteiger partial charge in [0.1, 0.15) is 17.6 Å². The molecule has 30 heavy (non-hydrogen) atoms. The van der Waals surface area contributed by atoms with Gasteiger partial charge in [0.25, 0.3) is 10.0 Å². The number of para-hydroxylation sites is 1. The predicted octanol–water partition coefficient (Wildman–Crippen LogP) is 4.09. The first kappa shape index (κ1) is 19.9. The quantitative estimate of drug-likeness (QED) is 0.669. The number of benzene rings is 2. The average Bonchev–Trinajstić information content (AvgIpc) is 3.35. The minimum absolute atomic E-state index is 0.169. The zero-order valence-electron chi connectivity index (χ0n) is 16.6. The van der Waals surface area contributed by atoms with E-state index >= 15 is 0 Å². The topological polar surface area (TPSA) is 92.0 Å². The number of carbonyl (C=O) groups is 1. The first-order valence-electron chi connectivity index (χ1n) is 9.46. The fourth-order valence-corrected chi connectivity index (χ4v) is 4.55. The molecule has 154 valence electrons. The molecule has 0 fully saturated rings. The van der Waals surface area contributed by atoms with Crippen LogP contribution in [0.25, 0.3) is 0 Å². The standard InChI is InChI=1S/C22H21N3O4S/c1-15-12-13-22(29-15)21-14-20(23-25(21)16(2)26)18-10-6-7-11-19(18)24-30(27,28)17-8-4-3-5-9-17/h3-13,21,24H,14H2,1-2H3/t21-/m0/s1. The number of hydrazone groups is 1. The van der Waals surface area contributed by atoms with Crippen molar-refractivity contribution < 1.29 is 17.6 Å². The maximum atomic E-state index is 12.8. The molecule has 1 aliphatic heterocycles. The first-order chi connectivity index (χ1) is 14.3. The highest BCUT2D eigenvalue weighted by molar-refractivity contribution is 7.92. The molecule has 0 unspecified atom stereocenters. The van der Waals surface area contributed by atoms with E-state index in [0.29, 0.717) is 29.1 Å². The molecule has 0 bridgehead atoms. The van der Waals surface area contributed by atoms with E-state index in [0.717, 1.165) is 5.76 Å². The summed E-state index contributed by atoms with van der Waals surface area (Å²) < 4.78 is 34.0. The maximum absolute atomic E-state index is 12.8. The molecular weight excluding hydrogens is 402 g/mol. The number of sulfonamides is 1. The number of anilines is 1. The van der Waals surface area contributed by atoms with Gasteiger partial charge < -0.3 is 4.42 Å². The Morgan fingerprint density at radius 3 is 2.43 bits per heavy atom. The smallest absolute Gasteiger partial charge is 0.261 e. The van der Waals surface area contributed by atoms with Crippen molar-refractivity contribution >= 4 is 27.3 Å². The lowest BCUT2D eigenvalue weighted by molar-refractivity contribution is -0.130. The van der Waals surface area contributed by atoms with E-state index in [-0.39, 0.29) is 16.8 Å². The molecule has 0 saturated heterocycles. The lowest BCUT2D eigenvalue weighted by atomic mass is 10.0. The van der Waals surface area contributed by atoms with Gasteiger partial charge >= 0.3 is 0 Å². The SMILES string of the molecule is CC(=O)N1N=C(c2ccccc2NS(=O)(=O)c2ccccc2)C[C@H]1c1ccc(C)o1. The summed E-state index contributed by atoms with van der Waals surface area (Å²) in [5, 5.41) is 5.88. The molecule has 0 aliphatic carbocycles. The fraction of sp³-hybridized carbons (Fsp3) is 0.182. The maximum Gasteiger partial charge on any atom is 0.261 e. The zero-order valence-corrected chi connectivity index (χ0v) is 17.4. The van der Waals surface area contributed by atoms with Crippen molar-refractivity contribution in [3.63, 3.8) is 0 Å². The van der Waals surface area contributed by atoms with Crippen molar-refractivity contribution in [2.45, 2.75) is 31.2 Å². The van der Waals surface area contributed by atoms with E-state index < -0.39 is 10.0 Å². The largest absolute Gasteiger partial charge is 0.464 e. The van der Waals surface area contributed by atoms with Crippen LogP contribution in [0.4, 0.5) is 5.69 Å². The number of rotatable bonds is 5. The Balaban J connectivity index is 1.68. The highest BCUT2D eigenvalue weighted by Gasteiger charge is 2.34. The van der Waals surface area contributed by atoms with Crippen molar-refractivity contribution in [3.05, 3.63) is 83.8 Å². The minimum atomic E-state index is -3.76. The molecule has 4 rings (SSSR count). The molecule has 0 radical (unpaired) electrons. The van der Waals surface area contributed by atoms with Gasteiger partial charge in [-0.25, -0.2) is 13.4 Å². The van der Waals surface area contributed by atoms with Crippen LogP contribution in [0, 0.1) is 6.92 Å². The van der Waals surface area contributed by atoms with E-state index in [1.165, 1.54) is 24.1 Å². The third kappa shape index (κ3) is 3.86.